The zero-order valence-electron chi connectivity index (χ0n) is 14.3. The van der Waals surface area contributed by atoms with Crippen LogP contribution < -0.4 is 4.74 Å². The minimum Gasteiger partial charge on any atom is -0.490 e. The Morgan fingerprint density at radius 3 is 2.89 bits per heavy atom. The molecule has 8 heteroatoms. The van der Waals surface area contributed by atoms with Crippen molar-refractivity contribution in [2.24, 2.45) is 4.99 Å². The van der Waals surface area contributed by atoms with Crippen molar-refractivity contribution in [3.63, 3.8) is 0 Å². The van der Waals surface area contributed by atoms with E-state index < -0.39 is 5.97 Å². The van der Waals surface area contributed by atoms with Gasteiger partial charge < -0.3 is 9.84 Å². The van der Waals surface area contributed by atoms with Crippen molar-refractivity contribution >= 4 is 11.7 Å². The number of aliphatic imine (C=N–C) groups is 1. The quantitative estimate of drug-likeness (QED) is 0.838. The van der Waals surface area contributed by atoms with Gasteiger partial charge in [-0.3, -0.25) is 9.67 Å². The number of hydrogen-bond acceptors (Lipinski definition) is 6. The van der Waals surface area contributed by atoms with Gasteiger partial charge in [0, 0.05) is 23.9 Å². The van der Waals surface area contributed by atoms with E-state index in [1.54, 1.807) is 29.1 Å². The van der Waals surface area contributed by atoms with Gasteiger partial charge in [0.05, 0.1) is 29.6 Å². The molecular formula is C19H15N5O3. The second-order valence-electron chi connectivity index (χ2n) is 5.77. The fourth-order valence-electron chi connectivity index (χ4n) is 2.62. The Kier molecular flexibility index (Phi) is 5.29. The first-order chi connectivity index (χ1) is 13.1. The molecule has 1 aromatic heterocycles. The monoisotopic (exact) mass is 361 g/mol. The Bertz CT molecular complexity index is 1020. The van der Waals surface area contributed by atoms with Gasteiger partial charge in [-0.1, -0.05) is 0 Å². The highest BCUT2D eigenvalue weighted by Gasteiger charge is 2.15. The van der Waals surface area contributed by atoms with Crippen molar-refractivity contribution in [1.29, 1.82) is 10.5 Å². The van der Waals surface area contributed by atoms with Crippen LogP contribution in [0, 0.1) is 22.7 Å². The third-order valence-electron chi connectivity index (χ3n) is 3.99. The van der Waals surface area contributed by atoms with Gasteiger partial charge in [-0.25, -0.2) is 4.79 Å². The molecule has 2 heterocycles. The molecule has 1 aliphatic heterocycles. The van der Waals surface area contributed by atoms with E-state index in [2.05, 4.69) is 16.2 Å². The van der Waals surface area contributed by atoms with Gasteiger partial charge in [-0.15, -0.1) is 0 Å². The topological polar surface area (TPSA) is 124 Å². The first kappa shape index (κ1) is 17.9. The number of ether oxygens (including phenoxy) is 1. The molecule has 0 radical (unpaired) electrons. The lowest BCUT2D eigenvalue weighted by Gasteiger charge is -2.13. The Morgan fingerprint density at radius 2 is 2.19 bits per heavy atom. The zero-order chi connectivity index (χ0) is 19.2. The lowest BCUT2D eigenvalue weighted by atomic mass is 10.0. The molecule has 134 valence electrons. The molecule has 3 rings (SSSR count). The number of aliphatic carboxylic acids is 1. The van der Waals surface area contributed by atoms with Gasteiger partial charge in [0.1, 0.15) is 24.5 Å². The first-order valence-corrected chi connectivity index (χ1v) is 8.19. The number of aromatic nitrogens is 2. The Labute approximate surface area is 155 Å². The number of hydrogen-bond donors (Lipinski definition) is 1. The standard InChI is InChI=1S/C19H15N5O3/c20-9-13-11-23-24(12-13)5-6-27-18-2-1-14(7-16(18)10-21)17-8-15(19(25)26)3-4-22-17/h1-2,7-8,11-12H,3-6H2,(H,25,26). The van der Waals surface area contributed by atoms with E-state index in [9.17, 15) is 10.1 Å². The highest BCUT2D eigenvalue weighted by molar-refractivity contribution is 6.12. The summed E-state index contributed by atoms with van der Waals surface area (Å²) in [6.45, 7) is 1.12. The lowest BCUT2D eigenvalue weighted by Crippen LogP contribution is -2.12. The maximum Gasteiger partial charge on any atom is 0.331 e. The van der Waals surface area contributed by atoms with Crippen LogP contribution in [0.1, 0.15) is 23.1 Å². The summed E-state index contributed by atoms with van der Waals surface area (Å²) in [5.74, 6) is -0.534. The highest BCUT2D eigenvalue weighted by atomic mass is 16.5. The summed E-state index contributed by atoms with van der Waals surface area (Å²) in [6.07, 6.45) is 5.02. The largest absolute Gasteiger partial charge is 0.490 e. The number of carbonyl (C=O) groups is 1. The van der Waals surface area contributed by atoms with Crippen molar-refractivity contribution in [2.45, 2.75) is 13.0 Å². The minimum atomic E-state index is -0.957. The molecule has 0 atom stereocenters. The maximum absolute atomic E-state index is 11.1. The van der Waals surface area contributed by atoms with Crippen molar-refractivity contribution in [2.75, 3.05) is 13.2 Å². The van der Waals surface area contributed by atoms with Crippen LogP contribution in [0.3, 0.4) is 0 Å². The van der Waals surface area contributed by atoms with Crippen LogP contribution in [0.4, 0.5) is 0 Å². The molecule has 0 saturated carbocycles. The van der Waals surface area contributed by atoms with Gasteiger partial charge >= 0.3 is 5.97 Å². The summed E-state index contributed by atoms with van der Waals surface area (Å²) in [4.78, 5) is 15.5. The van der Waals surface area contributed by atoms with E-state index in [0.717, 1.165) is 0 Å². The van der Waals surface area contributed by atoms with Crippen molar-refractivity contribution in [3.05, 3.63) is 58.9 Å². The van der Waals surface area contributed by atoms with Crippen molar-refractivity contribution < 1.29 is 14.6 Å². The van der Waals surface area contributed by atoms with Gasteiger partial charge in [0.25, 0.3) is 0 Å². The van der Waals surface area contributed by atoms with Crippen LogP contribution in [-0.4, -0.2) is 39.7 Å². The average molecular weight is 361 g/mol. The molecular weight excluding hydrogens is 346 g/mol. The number of nitrogens with zero attached hydrogens (tertiary/aromatic N) is 5. The summed E-state index contributed by atoms with van der Waals surface area (Å²) in [5.41, 5.74) is 2.32. The molecule has 0 saturated heterocycles. The molecule has 0 fully saturated rings. The average Bonchev–Trinajstić information content (AvgIpc) is 3.16. The van der Waals surface area contributed by atoms with Crippen LogP contribution in [0.15, 0.2) is 47.2 Å². The molecule has 0 amide bonds. The van der Waals surface area contributed by atoms with Crippen LogP contribution in [0.2, 0.25) is 0 Å². The third kappa shape index (κ3) is 4.20. The van der Waals surface area contributed by atoms with Crippen molar-refractivity contribution in [3.8, 4) is 17.9 Å². The Hall–Kier alpha value is -3.91. The van der Waals surface area contributed by atoms with E-state index in [0.29, 0.717) is 53.2 Å². The molecule has 0 unspecified atom stereocenters. The molecule has 2 aromatic rings. The molecule has 0 aliphatic carbocycles. The number of carboxylic acid groups (broad SMARTS) is 1. The summed E-state index contributed by atoms with van der Waals surface area (Å²) in [6, 6.07) is 9.14. The minimum absolute atomic E-state index is 0.282. The van der Waals surface area contributed by atoms with Gasteiger partial charge in [0.2, 0.25) is 0 Å². The maximum atomic E-state index is 11.1. The summed E-state index contributed by atoms with van der Waals surface area (Å²) >= 11 is 0. The van der Waals surface area contributed by atoms with Gasteiger partial charge in [0.15, 0.2) is 0 Å². The smallest absolute Gasteiger partial charge is 0.331 e. The van der Waals surface area contributed by atoms with Gasteiger partial charge in [-0.2, -0.15) is 15.6 Å². The highest BCUT2D eigenvalue weighted by Crippen LogP contribution is 2.22. The van der Waals surface area contributed by atoms with E-state index in [1.165, 1.54) is 12.3 Å². The van der Waals surface area contributed by atoms with E-state index in [4.69, 9.17) is 15.1 Å². The molecule has 1 aromatic carbocycles. The second-order valence-corrected chi connectivity index (χ2v) is 5.77. The lowest BCUT2D eigenvalue weighted by molar-refractivity contribution is -0.132. The molecule has 1 aliphatic rings. The SMILES string of the molecule is N#Cc1cnn(CCOc2ccc(C3=NCCC(C(=O)O)=C3)cc2C#N)c1. The van der Waals surface area contributed by atoms with Crippen LogP contribution in [0.25, 0.3) is 0 Å². The van der Waals surface area contributed by atoms with Crippen LogP contribution in [0.5, 0.6) is 5.75 Å². The van der Waals surface area contributed by atoms with Crippen LogP contribution in [-0.2, 0) is 11.3 Å². The predicted octanol–water partition coefficient (Wildman–Crippen LogP) is 1.91. The summed E-state index contributed by atoms with van der Waals surface area (Å²) in [5, 5.41) is 31.4. The predicted molar refractivity (Wildman–Crippen MR) is 95.3 cm³/mol. The fourth-order valence-corrected chi connectivity index (χ4v) is 2.62. The molecule has 1 N–H and O–H groups in total. The first-order valence-electron chi connectivity index (χ1n) is 8.19. The number of benzene rings is 1. The van der Waals surface area contributed by atoms with E-state index in [-0.39, 0.29) is 6.61 Å². The normalized spacial score (nSPS) is 13.1. The van der Waals surface area contributed by atoms with Gasteiger partial charge in [-0.05, 0) is 30.7 Å². The second kappa shape index (κ2) is 7.98. The number of rotatable bonds is 6. The summed E-state index contributed by atoms with van der Waals surface area (Å²) < 4.78 is 7.25. The Balaban J connectivity index is 1.71. The fraction of sp³-hybridized carbons (Fsp3) is 0.211. The van der Waals surface area contributed by atoms with E-state index >= 15 is 0 Å². The molecule has 0 spiro atoms. The van der Waals surface area contributed by atoms with E-state index in [1.807, 2.05) is 6.07 Å². The molecule has 0 bridgehead atoms. The molecule has 8 nitrogen and oxygen atoms in total. The molecule has 27 heavy (non-hydrogen) atoms. The van der Waals surface area contributed by atoms with Crippen LogP contribution >= 0.6 is 0 Å². The van der Waals surface area contributed by atoms with Crippen molar-refractivity contribution in [1.82, 2.24) is 9.78 Å². The number of allylic oxidation sites excluding steroid dienone is 1. The third-order valence-corrected chi connectivity index (χ3v) is 3.99. The number of dihydropyridines is 1. The Morgan fingerprint density at radius 1 is 1.33 bits per heavy atom. The zero-order valence-corrected chi connectivity index (χ0v) is 14.3. The summed E-state index contributed by atoms with van der Waals surface area (Å²) in [7, 11) is 0. The number of carboxylic acids is 1. The number of nitriles is 2.